The monoisotopic (exact) mass is 540 g/mol. The summed E-state index contributed by atoms with van der Waals surface area (Å²) < 4.78 is 8.13. The molecule has 1 aromatic carbocycles. The molecule has 0 spiro atoms. The molecule has 3 aromatic heterocycles. The number of amides is 1. The van der Waals surface area contributed by atoms with Gasteiger partial charge in [-0.1, -0.05) is 6.07 Å². The first kappa shape index (κ1) is 26.3. The zero-order chi connectivity index (χ0) is 27.6. The lowest BCUT2D eigenvalue weighted by molar-refractivity contribution is -0.114. The normalized spacial score (nSPS) is 20.6. The molecule has 0 aliphatic carbocycles. The zero-order valence-electron chi connectivity index (χ0n) is 23.3. The highest BCUT2D eigenvalue weighted by molar-refractivity contribution is 5.90. The Morgan fingerprint density at radius 1 is 1.02 bits per heavy atom. The van der Waals surface area contributed by atoms with E-state index in [-0.39, 0.29) is 24.2 Å². The highest BCUT2D eigenvalue weighted by Crippen LogP contribution is 2.33. The molecule has 2 atom stereocenters. The van der Waals surface area contributed by atoms with Crippen molar-refractivity contribution in [1.29, 1.82) is 0 Å². The molecule has 10 nitrogen and oxygen atoms in total. The molecule has 208 valence electrons. The third kappa shape index (κ3) is 5.68. The lowest BCUT2D eigenvalue weighted by Crippen LogP contribution is -2.46. The lowest BCUT2D eigenvalue weighted by atomic mass is 10.0. The number of hydrogen-bond acceptors (Lipinski definition) is 8. The SMILES string of the molecule is CC(=O)Nc1ccc(-c2nc(N3C[C@@H](C)O[C@@H](C)C3)c3cnn(C4CCN(Cc5cccnc5)CC4)c3n2)cc1. The van der Waals surface area contributed by atoms with Crippen LogP contribution >= 0.6 is 0 Å². The molecule has 2 aliphatic rings. The first-order valence-electron chi connectivity index (χ1n) is 14.1. The van der Waals surface area contributed by atoms with Gasteiger partial charge >= 0.3 is 0 Å². The fraction of sp³-hybridized carbons (Fsp3) is 0.433. The van der Waals surface area contributed by atoms with E-state index >= 15 is 0 Å². The van der Waals surface area contributed by atoms with E-state index in [1.54, 1.807) is 0 Å². The number of hydrogen-bond donors (Lipinski definition) is 1. The Hall–Kier alpha value is -3.89. The molecule has 2 aliphatic heterocycles. The molecule has 2 saturated heterocycles. The second-order valence-electron chi connectivity index (χ2n) is 11.0. The number of morpholine rings is 1. The maximum atomic E-state index is 11.5. The summed E-state index contributed by atoms with van der Waals surface area (Å²) in [4.78, 5) is 30.7. The van der Waals surface area contributed by atoms with Crippen LogP contribution in [0, 0.1) is 0 Å². The molecule has 40 heavy (non-hydrogen) atoms. The van der Waals surface area contributed by atoms with Gasteiger partial charge < -0.3 is 15.0 Å². The smallest absolute Gasteiger partial charge is 0.221 e. The van der Waals surface area contributed by atoms with Crippen LogP contribution in [0.1, 0.15) is 45.2 Å². The van der Waals surface area contributed by atoms with Crippen molar-refractivity contribution in [3.05, 3.63) is 60.6 Å². The third-order valence-electron chi connectivity index (χ3n) is 7.65. The molecule has 0 saturated carbocycles. The Labute approximate surface area is 234 Å². The molecule has 6 rings (SSSR count). The maximum absolute atomic E-state index is 11.5. The minimum atomic E-state index is -0.0985. The van der Waals surface area contributed by atoms with Crippen LogP contribution < -0.4 is 10.2 Å². The van der Waals surface area contributed by atoms with E-state index in [0.717, 1.165) is 73.7 Å². The molecule has 1 N–H and O–H groups in total. The van der Waals surface area contributed by atoms with Crippen molar-refractivity contribution in [1.82, 2.24) is 29.6 Å². The number of nitrogens with zero attached hydrogens (tertiary/aromatic N) is 7. The largest absolute Gasteiger partial charge is 0.372 e. The van der Waals surface area contributed by atoms with Gasteiger partial charge in [-0.3, -0.25) is 14.7 Å². The van der Waals surface area contributed by atoms with Crippen LogP contribution in [0.25, 0.3) is 22.4 Å². The first-order valence-corrected chi connectivity index (χ1v) is 14.1. The van der Waals surface area contributed by atoms with Crippen molar-refractivity contribution >= 4 is 28.4 Å². The third-order valence-corrected chi connectivity index (χ3v) is 7.65. The molecule has 5 heterocycles. The van der Waals surface area contributed by atoms with Crippen LogP contribution in [0.4, 0.5) is 11.5 Å². The molecule has 0 bridgehead atoms. The van der Waals surface area contributed by atoms with Gasteiger partial charge in [0.25, 0.3) is 0 Å². The average Bonchev–Trinajstić information content (AvgIpc) is 3.37. The Balaban J connectivity index is 1.32. The average molecular weight is 541 g/mol. The van der Waals surface area contributed by atoms with Crippen LogP contribution in [0.2, 0.25) is 0 Å². The summed E-state index contributed by atoms with van der Waals surface area (Å²) in [5.41, 5.74) is 3.75. The van der Waals surface area contributed by atoms with Gasteiger partial charge in [0.2, 0.25) is 5.91 Å². The van der Waals surface area contributed by atoms with Gasteiger partial charge in [-0.25, -0.2) is 14.6 Å². The fourth-order valence-corrected chi connectivity index (χ4v) is 5.88. The van der Waals surface area contributed by atoms with Gasteiger partial charge in [-0.05, 0) is 62.6 Å². The van der Waals surface area contributed by atoms with Crippen LogP contribution in [0.15, 0.2) is 55.0 Å². The molecular weight excluding hydrogens is 504 g/mol. The van der Waals surface area contributed by atoms with Gasteiger partial charge in [-0.2, -0.15) is 5.10 Å². The topological polar surface area (TPSA) is 101 Å². The quantitative estimate of drug-likeness (QED) is 0.386. The van der Waals surface area contributed by atoms with Crippen LogP contribution in [-0.4, -0.2) is 73.9 Å². The van der Waals surface area contributed by atoms with E-state index < -0.39 is 0 Å². The molecule has 1 amide bonds. The van der Waals surface area contributed by atoms with Crippen LogP contribution in [0.3, 0.4) is 0 Å². The number of nitrogens with one attached hydrogen (secondary N) is 1. The van der Waals surface area contributed by atoms with E-state index in [9.17, 15) is 4.79 Å². The molecule has 2 fully saturated rings. The number of pyridine rings is 1. The Morgan fingerprint density at radius 2 is 1.77 bits per heavy atom. The highest BCUT2D eigenvalue weighted by atomic mass is 16.5. The predicted molar refractivity (Wildman–Crippen MR) is 155 cm³/mol. The molecule has 4 aromatic rings. The standard InChI is InChI=1S/C30H36N8O2/c1-20-17-37(18-21(2)40-20)29-27-16-32-38(26-10-13-36(14-11-26)19-23-5-4-12-31-15-23)30(27)35-28(34-29)24-6-8-25(9-7-24)33-22(3)39/h4-9,12,15-16,20-21,26H,10-11,13-14,17-19H2,1-3H3,(H,33,39)/t20-,21+. The summed E-state index contributed by atoms with van der Waals surface area (Å²) >= 11 is 0. The minimum Gasteiger partial charge on any atom is -0.372 e. The van der Waals surface area contributed by atoms with E-state index in [1.807, 2.05) is 48.9 Å². The second-order valence-corrected chi connectivity index (χ2v) is 11.0. The van der Waals surface area contributed by atoms with Crippen molar-refractivity contribution in [2.24, 2.45) is 0 Å². The van der Waals surface area contributed by atoms with Crippen LogP contribution in [-0.2, 0) is 16.1 Å². The van der Waals surface area contributed by atoms with Gasteiger partial charge in [0, 0.05) is 63.3 Å². The van der Waals surface area contributed by atoms with Gasteiger partial charge in [0.05, 0.1) is 29.8 Å². The summed E-state index contributed by atoms with van der Waals surface area (Å²) in [6, 6.07) is 12.1. The van der Waals surface area contributed by atoms with Gasteiger partial charge in [0.1, 0.15) is 5.82 Å². The van der Waals surface area contributed by atoms with E-state index in [2.05, 4.69) is 44.7 Å². The van der Waals surface area contributed by atoms with Crippen molar-refractivity contribution in [3.63, 3.8) is 0 Å². The number of rotatable bonds is 6. The van der Waals surface area contributed by atoms with E-state index in [1.165, 1.54) is 12.5 Å². The number of anilines is 2. The highest BCUT2D eigenvalue weighted by Gasteiger charge is 2.29. The number of piperidine rings is 1. The summed E-state index contributed by atoms with van der Waals surface area (Å²) in [6.45, 7) is 10.1. The van der Waals surface area contributed by atoms with Gasteiger partial charge in [-0.15, -0.1) is 0 Å². The molecular formula is C30H36N8O2. The minimum absolute atomic E-state index is 0.0985. The molecule has 0 radical (unpaired) electrons. The summed E-state index contributed by atoms with van der Waals surface area (Å²) in [7, 11) is 0. The second kappa shape index (κ2) is 11.3. The Morgan fingerprint density at radius 3 is 2.45 bits per heavy atom. The summed E-state index contributed by atoms with van der Waals surface area (Å²) in [6.07, 6.45) is 7.91. The molecule has 0 unspecified atom stereocenters. The predicted octanol–water partition coefficient (Wildman–Crippen LogP) is 4.30. The number of benzene rings is 1. The van der Waals surface area contributed by atoms with Crippen molar-refractivity contribution < 1.29 is 9.53 Å². The van der Waals surface area contributed by atoms with Gasteiger partial charge in [0.15, 0.2) is 11.5 Å². The van der Waals surface area contributed by atoms with Crippen molar-refractivity contribution in [2.75, 3.05) is 36.4 Å². The first-order chi connectivity index (χ1) is 19.4. The number of fused-ring (bicyclic) bond motifs is 1. The molecule has 10 heteroatoms. The summed E-state index contributed by atoms with van der Waals surface area (Å²) in [5.74, 6) is 1.45. The number of carbonyl (C=O) groups excluding carboxylic acids is 1. The van der Waals surface area contributed by atoms with Crippen LogP contribution in [0.5, 0.6) is 0 Å². The Kier molecular flexibility index (Phi) is 7.44. The zero-order valence-corrected chi connectivity index (χ0v) is 23.3. The number of aromatic nitrogens is 5. The van der Waals surface area contributed by atoms with E-state index in [4.69, 9.17) is 19.8 Å². The number of carbonyl (C=O) groups is 1. The van der Waals surface area contributed by atoms with Crippen molar-refractivity contribution in [2.45, 2.75) is 58.4 Å². The maximum Gasteiger partial charge on any atom is 0.221 e. The summed E-state index contributed by atoms with van der Waals surface area (Å²) in [5, 5.41) is 8.68. The fourth-order valence-electron chi connectivity index (χ4n) is 5.88. The number of likely N-dealkylation sites (tertiary alicyclic amines) is 1. The number of ether oxygens (including phenoxy) is 1. The van der Waals surface area contributed by atoms with E-state index in [0.29, 0.717) is 5.82 Å². The Bertz CT molecular complexity index is 1450. The lowest BCUT2D eigenvalue weighted by Gasteiger charge is -2.36. The van der Waals surface area contributed by atoms with Crippen molar-refractivity contribution in [3.8, 4) is 11.4 Å².